The predicted octanol–water partition coefficient (Wildman–Crippen LogP) is 2.86. The third-order valence-corrected chi connectivity index (χ3v) is 7.30. The zero-order valence-corrected chi connectivity index (χ0v) is 17.8. The number of hydrogen-bond acceptors (Lipinski definition) is 5. The van der Waals surface area contributed by atoms with Crippen LogP contribution in [0.1, 0.15) is 30.7 Å². The fourth-order valence-electron chi connectivity index (χ4n) is 4.29. The van der Waals surface area contributed by atoms with Gasteiger partial charge in [0.2, 0.25) is 0 Å². The van der Waals surface area contributed by atoms with Crippen molar-refractivity contribution < 1.29 is 19.2 Å². The highest BCUT2D eigenvalue weighted by atomic mass is 32.1. The van der Waals surface area contributed by atoms with Crippen LogP contribution in [0.2, 0.25) is 0 Å². The fraction of sp³-hybridized carbons (Fsp3) is 0.391. The summed E-state index contributed by atoms with van der Waals surface area (Å²) >= 11 is 1.81. The number of aromatic nitrogens is 1. The molecule has 0 spiro atoms. The molecule has 0 bridgehead atoms. The molecule has 7 heteroatoms. The number of amides is 1. The Bertz CT molecular complexity index is 1030. The predicted molar refractivity (Wildman–Crippen MR) is 118 cm³/mol. The highest BCUT2D eigenvalue weighted by Gasteiger charge is 2.32. The number of carbonyl (C=O) groups excluding carboxylic acids is 1. The van der Waals surface area contributed by atoms with Crippen LogP contribution in [-0.2, 0) is 4.79 Å². The first-order valence-electron chi connectivity index (χ1n) is 10.6. The van der Waals surface area contributed by atoms with E-state index in [1.54, 1.807) is 0 Å². The zero-order chi connectivity index (χ0) is 20.5. The number of carbonyl (C=O) groups is 1. The number of nitrogens with zero attached hydrogens (tertiary/aromatic N) is 1. The highest BCUT2D eigenvalue weighted by molar-refractivity contribution is 7.18. The van der Waals surface area contributed by atoms with Crippen LogP contribution in [0.5, 0.6) is 11.5 Å². The standard InChI is InChI=1S/C23H25N3O3S/c1-15(22(27)24-17-6-7-19-20(14-17)29-13-12-28-19)26-10-8-16(9-11-26)23-25-18-4-2-3-5-21(18)30-23/h2-7,14-16H,8-13H2,1H3,(H,24,27)/p+1/t15-/m1/s1. The topological polar surface area (TPSA) is 64.9 Å². The lowest BCUT2D eigenvalue weighted by Gasteiger charge is -2.31. The van der Waals surface area contributed by atoms with Crippen LogP contribution < -0.4 is 19.7 Å². The van der Waals surface area contributed by atoms with Crippen molar-refractivity contribution in [2.75, 3.05) is 31.6 Å². The van der Waals surface area contributed by atoms with Gasteiger partial charge in [-0.3, -0.25) is 4.79 Å². The molecule has 3 aromatic rings. The monoisotopic (exact) mass is 424 g/mol. The Hall–Kier alpha value is -2.64. The molecule has 0 unspecified atom stereocenters. The van der Waals surface area contributed by atoms with Crippen LogP contribution in [0.3, 0.4) is 0 Å². The maximum absolute atomic E-state index is 12.8. The Morgan fingerprint density at radius 1 is 1.13 bits per heavy atom. The molecular formula is C23H26N3O3S+. The van der Waals surface area contributed by atoms with E-state index in [4.69, 9.17) is 14.5 Å². The molecule has 30 heavy (non-hydrogen) atoms. The molecule has 1 amide bonds. The van der Waals surface area contributed by atoms with Crippen LogP contribution in [0.4, 0.5) is 5.69 Å². The number of quaternary nitrogens is 1. The summed E-state index contributed by atoms with van der Waals surface area (Å²) in [5.41, 5.74) is 1.85. The molecule has 0 saturated carbocycles. The summed E-state index contributed by atoms with van der Waals surface area (Å²) in [4.78, 5) is 19.0. The number of nitrogens with one attached hydrogen (secondary N) is 2. The quantitative estimate of drug-likeness (QED) is 0.676. The molecule has 1 atom stereocenters. The Balaban J connectivity index is 1.19. The summed E-state index contributed by atoms with van der Waals surface area (Å²) < 4.78 is 12.4. The Kier molecular flexibility index (Phi) is 5.31. The first-order valence-corrected chi connectivity index (χ1v) is 11.4. The van der Waals surface area contributed by atoms with Gasteiger partial charge in [0.15, 0.2) is 17.5 Å². The molecule has 2 N–H and O–H groups in total. The van der Waals surface area contributed by atoms with E-state index >= 15 is 0 Å². The molecule has 0 aliphatic carbocycles. The van der Waals surface area contributed by atoms with Crippen LogP contribution in [0, 0.1) is 0 Å². The number of para-hydroxylation sites is 1. The van der Waals surface area contributed by atoms with Crippen LogP contribution >= 0.6 is 11.3 Å². The molecule has 2 aliphatic rings. The number of hydrogen-bond donors (Lipinski definition) is 2. The van der Waals surface area contributed by atoms with Gasteiger partial charge in [0.25, 0.3) is 5.91 Å². The van der Waals surface area contributed by atoms with E-state index < -0.39 is 0 Å². The van der Waals surface area contributed by atoms with Crippen molar-refractivity contribution in [1.29, 1.82) is 0 Å². The summed E-state index contributed by atoms with van der Waals surface area (Å²) in [6.07, 6.45) is 2.13. The minimum absolute atomic E-state index is 0.0418. The van der Waals surface area contributed by atoms with Gasteiger partial charge >= 0.3 is 0 Å². The van der Waals surface area contributed by atoms with Crippen molar-refractivity contribution >= 4 is 33.1 Å². The largest absolute Gasteiger partial charge is 0.486 e. The third-order valence-electron chi connectivity index (χ3n) is 6.10. The van der Waals surface area contributed by atoms with Crippen molar-refractivity contribution in [2.24, 2.45) is 0 Å². The summed E-state index contributed by atoms with van der Waals surface area (Å²) in [6, 6.07) is 13.8. The van der Waals surface area contributed by atoms with Gasteiger partial charge in [-0.15, -0.1) is 11.3 Å². The first kappa shape index (κ1) is 19.3. The average molecular weight is 425 g/mol. The molecule has 2 aromatic carbocycles. The minimum atomic E-state index is -0.102. The van der Waals surface area contributed by atoms with E-state index in [0.29, 0.717) is 24.9 Å². The van der Waals surface area contributed by atoms with Gasteiger partial charge < -0.3 is 19.7 Å². The fourth-order valence-corrected chi connectivity index (χ4v) is 5.43. The SMILES string of the molecule is C[C@H](C(=O)Nc1ccc2c(c1)OCCO2)[NH+]1CCC(c2nc3ccccc3s2)CC1. The minimum Gasteiger partial charge on any atom is -0.486 e. The normalized spacial score (nSPS) is 21.9. The lowest BCUT2D eigenvalue weighted by atomic mass is 9.96. The number of piperidine rings is 1. The van der Waals surface area contributed by atoms with Gasteiger partial charge in [0, 0.05) is 30.5 Å². The maximum Gasteiger partial charge on any atom is 0.282 e. The van der Waals surface area contributed by atoms with E-state index in [1.165, 1.54) is 14.6 Å². The molecule has 1 fully saturated rings. The molecule has 0 radical (unpaired) electrons. The molecule has 1 aromatic heterocycles. The Morgan fingerprint density at radius 3 is 2.70 bits per heavy atom. The Morgan fingerprint density at radius 2 is 1.90 bits per heavy atom. The van der Waals surface area contributed by atoms with Crippen LogP contribution in [0.25, 0.3) is 10.2 Å². The first-order chi connectivity index (χ1) is 14.7. The van der Waals surface area contributed by atoms with E-state index in [-0.39, 0.29) is 11.9 Å². The molecule has 1 saturated heterocycles. The number of benzene rings is 2. The summed E-state index contributed by atoms with van der Waals surface area (Å²) in [5.74, 6) is 1.96. The van der Waals surface area contributed by atoms with Gasteiger partial charge in [-0.2, -0.15) is 0 Å². The molecule has 2 aliphatic heterocycles. The molecule has 5 rings (SSSR count). The molecule has 6 nitrogen and oxygen atoms in total. The van der Waals surface area contributed by atoms with E-state index in [9.17, 15) is 4.79 Å². The van der Waals surface area contributed by atoms with Gasteiger partial charge in [-0.05, 0) is 31.2 Å². The second kappa shape index (κ2) is 8.24. The highest BCUT2D eigenvalue weighted by Crippen LogP contribution is 2.33. The zero-order valence-electron chi connectivity index (χ0n) is 17.0. The Labute approximate surface area is 179 Å². The van der Waals surface area contributed by atoms with Crippen molar-refractivity contribution in [3.63, 3.8) is 0 Å². The van der Waals surface area contributed by atoms with Crippen LogP contribution in [0.15, 0.2) is 42.5 Å². The summed E-state index contributed by atoms with van der Waals surface area (Å²) in [5, 5.41) is 4.28. The molecule has 156 valence electrons. The smallest absolute Gasteiger partial charge is 0.282 e. The van der Waals surface area contributed by atoms with E-state index in [1.807, 2.05) is 42.5 Å². The second-order valence-corrected chi connectivity index (χ2v) is 9.08. The summed E-state index contributed by atoms with van der Waals surface area (Å²) in [7, 11) is 0. The molecule has 3 heterocycles. The van der Waals surface area contributed by atoms with Gasteiger partial charge in [0.1, 0.15) is 13.2 Å². The van der Waals surface area contributed by atoms with Crippen molar-refractivity contribution in [3.05, 3.63) is 47.5 Å². The third kappa shape index (κ3) is 3.87. The average Bonchev–Trinajstić information content (AvgIpc) is 3.23. The van der Waals surface area contributed by atoms with E-state index in [2.05, 4.69) is 23.5 Å². The van der Waals surface area contributed by atoms with Crippen LogP contribution in [-0.4, -0.2) is 43.2 Å². The van der Waals surface area contributed by atoms with Crippen molar-refractivity contribution in [3.8, 4) is 11.5 Å². The number of anilines is 1. The van der Waals surface area contributed by atoms with Crippen molar-refractivity contribution in [2.45, 2.75) is 31.7 Å². The number of fused-ring (bicyclic) bond motifs is 2. The van der Waals surface area contributed by atoms with Gasteiger partial charge in [-0.25, -0.2) is 4.98 Å². The number of ether oxygens (including phenoxy) is 2. The van der Waals surface area contributed by atoms with E-state index in [0.717, 1.165) is 42.9 Å². The number of thiazole rings is 1. The second-order valence-electron chi connectivity index (χ2n) is 8.02. The lowest BCUT2D eigenvalue weighted by Crippen LogP contribution is -3.17. The van der Waals surface area contributed by atoms with Crippen molar-refractivity contribution in [1.82, 2.24) is 4.98 Å². The number of likely N-dealkylation sites (tertiary alicyclic amines) is 1. The molecular weight excluding hydrogens is 398 g/mol. The van der Waals surface area contributed by atoms with Gasteiger partial charge in [0.05, 0.1) is 28.3 Å². The maximum atomic E-state index is 12.8. The van der Waals surface area contributed by atoms with Gasteiger partial charge in [-0.1, -0.05) is 12.1 Å². The number of rotatable bonds is 4. The summed E-state index contributed by atoms with van der Waals surface area (Å²) in [6.45, 7) is 5.08. The lowest BCUT2D eigenvalue weighted by molar-refractivity contribution is -0.919.